The quantitative estimate of drug-likeness (QED) is 0.151. The fraction of sp³-hybridized carbons (Fsp3) is 0.417. The fourth-order valence-corrected chi connectivity index (χ4v) is 28.0. The summed E-state index contributed by atoms with van der Waals surface area (Å²) in [7, 11) is 0. The van der Waals surface area contributed by atoms with Crippen LogP contribution in [0.15, 0.2) is 59.7 Å². The SMILES string of the molecule is CCCCC1=Cc2c(-c3ccc(C)c(C)c3)c(C)cc(C)c2[CH]1[Zr+2]1([CH]2C(CCCC)=Cc3c(-c4ccc(C)c(C)c4)c(C)cc(C)c32)[CH2][CH2]1.[Cl-].[Cl-]. The van der Waals surface area contributed by atoms with Crippen molar-refractivity contribution in [3.05, 3.63) is 126 Å². The van der Waals surface area contributed by atoms with Gasteiger partial charge < -0.3 is 24.8 Å². The van der Waals surface area contributed by atoms with Crippen LogP contribution in [0, 0.1) is 55.4 Å². The summed E-state index contributed by atoms with van der Waals surface area (Å²) in [6.07, 6.45) is 13.1. The average Bonchev–Trinajstić information content (AvgIpc) is 3.60. The molecule has 0 radical (unpaired) electrons. The van der Waals surface area contributed by atoms with Crippen molar-refractivity contribution in [2.24, 2.45) is 0 Å². The standard InChI is InChI=1S/2C23H27.C2H4.2ClH.Zr/c2*1-6-7-8-19-13-21-17(4)11-18(5)23(22(21)14-19)20-10-9-15(2)16(3)12-20;1-2;;;/h2*9-14H,6-8H2,1-5H3;1-2H2;2*1H;/q;;;;;+2/p-2. The second-order valence-electron chi connectivity index (χ2n) is 16.3. The Bertz CT molecular complexity index is 1900. The Kier molecular flexibility index (Phi) is 12.3. The molecule has 1 fully saturated rings. The summed E-state index contributed by atoms with van der Waals surface area (Å²) in [6.45, 7) is 23.4. The van der Waals surface area contributed by atoms with E-state index in [2.05, 4.69) is 130 Å². The summed E-state index contributed by atoms with van der Waals surface area (Å²) in [6, 6.07) is 19.5. The van der Waals surface area contributed by atoms with Crippen molar-refractivity contribution in [2.45, 2.75) is 123 Å². The van der Waals surface area contributed by atoms with Gasteiger partial charge >= 0.3 is 304 Å². The molecular formula is C48H58Cl2Zr. The number of hydrogen-bond donors (Lipinski definition) is 0. The Morgan fingerprint density at radius 3 is 1.22 bits per heavy atom. The number of allylic oxidation sites excluding steroid dienone is 2. The normalized spacial score (nSPS) is 17.4. The molecule has 4 aromatic rings. The van der Waals surface area contributed by atoms with Crippen LogP contribution in [0.25, 0.3) is 34.4 Å². The van der Waals surface area contributed by atoms with E-state index >= 15 is 0 Å². The number of unbranched alkanes of at least 4 members (excludes halogenated alkanes) is 2. The second-order valence-corrected chi connectivity index (χ2v) is 27.6. The van der Waals surface area contributed by atoms with Crippen LogP contribution in [0.1, 0.15) is 126 Å². The van der Waals surface area contributed by atoms with Gasteiger partial charge in [-0.3, -0.25) is 0 Å². The van der Waals surface area contributed by atoms with Crippen LogP contribution in [-0.4, -0.2) is 0 Å². The molecular weight excluding hydrogens is 739 g/mol. The minimum Gasteiger partial charge on any atom is -1.00 e. The Labute approximate surface area is 326 Å². The molecule has 2 unspecified atom stereocenters. The maximum atomic E-state index is 2.74. The van der Waals surface area contributed by atoms with Crippen LogP contribution in [0.3, 0.4) is 0 Å². The summed E-state index contributed by atoms with van der Waals surface area (Å²) < 4.78 is 4.42. The van der Waals surface area contributed by atoms with E-state index in [1.807, 2.05) is 0 Å². The zero-order valence-corrected chi connectivity index (χ0v) is 36.8. The summed E-state index contributed by atoms with van der Waals surface area (Å²) in [5.41, 5.74) is 27.6. The Morgan fingerprint density at radius 1 is 0.490 bits per heavy atom. The van der Waals surface area contributed by atoms with Gasteiger partial charge in [0.15, 0.2) is 0 Å². The van der Waals surface area contributed by atoms with E-state index in [-0.39, 0.29) is 24.8 Å². The van der Waals surface area contributed by atoms with E-state index in [1.165, 1.54) is 102 Å². The van der Waals surface area contributed by atoms with Crippen molar-refractivity contribution >= 4 is 12.2 Å². The Hall–Kier alpha value is -2.18. The summed E-state index contributed by atoms with van der Waals surface area (Å²) in [5.74, 6) is 0. The fourth-order valence-electron chi connectivity index (χ4n) is 10.00. The van der Waals surface area contributed by atoms with Gasteiger partial charge in [0, 0.05) is 0 Å². The van der Waals surface area contributed by atoms with Crippen molar-refractivity contribution in [3.8, 4) is 22.3 Å². The van der Waals surface area contributed by atoms with Gasteiger partial charge in [-0.25, -0.2) is 0 Å². The van der Waals surface area contributed by atoms with E-state index in [9.17, 15) is 0 Å². The van der Waals surface area contributed by atoms with E-state index in [1.54, 1.807) is 44.5 Å². The van der Waals surface area contributed by atoms with Crippen LogP contribution in [0.4, 0.5) is 0 Å². The molecule has 0 saturated carbocycles. The number of benzene rings is 4. The van der Waals surface area contributed by atoms with Crippen LogP contribution < -0.4 is 24.8 Å². The monoisotopic (exact) mass is 794 g/mol. The Morgan fingerprint density at radius 2 is 0.882 bits per heavy atom. The molecule has 51 heavy (non-hydrogen) atoms. The molecule has 0 aromatic heterocycles. The Balaban J connectivity index is 0.00000252. The van der Waals surface area contributed by atoms with Gasteiger partial charge in [-0.1, -0.05) is 0 Å². The molecule has 2 atom stereocenters. The van der Waals surface area contributed by atoms with Gasteiger partial charge in [0.1, 0.15) is 0 Å². The predicted molar refractivity (Wildman–Crippen MR) is 212 cm³/mol. The molecule has 0 amide bonds. The molecule has 268 valence electrons. The van der Waals surface area contributed by atoms with Gasteiger partial charge in [0.25, 0.3) is 0 Å². The first-order valence-corrected chi connectivity index (χ1v) is 25.7. The average molecular weight is 797 g/mol. The van der Waals surface area contributed by atoms with Crippen LogP contribution >= 0.6 is 0 Å². The minimum absolute atomic E-state index is 0. The molecule has 7 rings (SSSR count). The van der Waals surface area contributed by atoms with Crippen molar-refractivity contribution in [1.82, 2.24) is 0 Å². The van der Waals surface area contributed by atoms with Crippen LogP contribution in [-0.2, 0) is 20.3 Å². The molecule has 1 aliphatic heterocycles. The van der Waals surface area contributed by atoms with Crippen molar-refractivity contribution in [1.29, 1.82) is 0 Å². The third kappa shape index (κ3) is 6.88. The zero-order chi connectivity index (χ0) is 34.8. The summed E-state index contributed by atoms with van der Waals surface area (Å²) in [5, 5.41) is 0. The number of aryl methyl sites for hydroxylation is 8. The number of halogens is 2. The molecule has 0 bridgehead atoms. The van der Waals surface area contributed by atoms with Crippen molar-refractivity contribution in [2.75, 3.05) is 0 Å². The topological polar surface area (TPSA) is 0 Å². The first-order chi connectivity index (χ1) is 23.5. The number of rotatable bonds is 10. The minimum atomic E-state index is -2.90. The molecule has 3 heteroatoms. The number of hydrogen-bond acceptors (Lipinski definition) is 0. The number of fused-ring (bicyclic) bond motifs is 2. The van der Waals surface area contributed by atoms with Gasteiger partial charge in [-0.2, -0.15) is 0 Å². The third-order valence-corrected chi connectivity index (χ3v) is 25.8. The second kappa shape index (κ2) is 15.7. The molecule has 2 aliphatic carbocycles. The molecule has 0 spiro atoms. The molecule has 1 heterocycles. The van der Waals surface area contributed by atoms with E-state index in [0.29, 0.717) is 7.25 Å². The molecule has 0 nitrogen and oxygen atoms in total. The van der Waals surface area contributed by atoms with Gasteiger partial charge in [-0.05, 0) is 0 Å². The summed E-state index contributed by atoms with van der Waals surface area (Å²) in [4.78, 5) is 0. The van der Waals surface area contributed by atoms with Gasteiger partial charge in [0.2, 0.25) is 0 Å². The van der Waals surface area contributed by atoms with Crippen LogP contribution in [0.5, 0.6) is 0 Å². The predicted octanol–water partition coefficient (Wildman–Crippen LogP) is 8.46. The summed E-state index contributed by atoms with van der Waals surface area (Å²) >= 11 is -2.90. The van der Waals surface area contributed by atoms with E-state index < -0.39 is 20.3 Å². The smallest absolute Gasteiger partial charge is 1.00 e. The molecule has 3 aliphatic rings. The maximum absolute atomic E-state index is 2.90. The van der Waals surface area contributed by atoms with E-state index in [0.717, 1.165) is 0 Å². The van der Waals surface area contributed by atoms with Crippen LogP contribution in [0.2, 0.25) is 8.26 Å². The first-order valence-electron chi connectivity index (χ1n) is 19.3. The zero-order valence-electron chi connectivity index (χ0n) is 32.8. The molecule has 4 aromatic carbocycles. The maximum Gasteiger partial charge on any atom is -1.00 e. The van der Waals surface area contributed by atoms with E-state index in [4.69, 9.17) is 0 Å². The third-order valence-electron chi connectivity index (χ3n) is 12.8. The van der Waals surface area contributed by atoms with Gasteiger partial charge in [-0.15, -0.1) is 0 Å². The van der Waals surface area contributed by atoms with Crippen molar-refractivity contribution < 1.29 is 45.1 Å². The first kappa shape index (κ1) is 40.0. The molecule has 1 saturated heterocycles. The molecule has 0 N–H and O–H groups in total. The van der Waals surface area contributed by atoms with Crippen molar-refractivity contribution in [3.63, 3.8) is 0 Å². The largest absolute Gasteiger partial charge is 1.00 e. The van der Waals surface area contributed by atoms with Gasteiger partial charge in [0.05, 0.1) is 0 Å².